The van der Waals surface area contributed by atoms with Crippen LogP contribution in [0.5, 0.6) is 0 Å². The molecule has 2 rings (SSSR count). The standard InChI is InChI=1S/C15H15N3O3S/c19-13(9-17-15(21)12-7-4-8-22-12)16-10-14(20)18-11-5-2-1-3-6-11/h1-8H,9-10H2,(H,16,19)(H,17,21)(H,18,20). The van der Waals surface area contributed by atoms with E-state index in [2.05, 4.69) is 16.0 Å². The van der Waals surface area contributed by atoms with Crippen molar-refractivity contribution in [2.75, 3.05) is 18.4 Å². The van der Waals surface area contributed by atoms with Crippen LogP contribution in [-0.2, 0) is 9.59 Å². The van der Waals surface area contributed by atoms with Gasteiger partial charge in [0.25, 0.3) is 5.91 Å². The normalized spacial score (nSPS) is 9.82. The number of anilines is 1. The molecule has 0 fully saturated rings. The predicted molar refractivity (Wildman–Crippen MR) is 84.7 cm³/mol. The minimum absolute atomic E-state index is 0.150. The maximum Gasteiger partial charge on any atom is 0.261 e. The second kappa shape index (κ2) is 7.94. The van der Waals surface area contributed by atoms with Gasteiger partial charge in [-0.2, -0.15) is 0 Å². The highest BCUT2D eigenvalue weighted by molar-refractivity contribution is 7.12. The summed E-state index contributed by atoms with van der Waals surface area (Å²) in [6.07, 6.45) is 0. The maximum absolute atomic E-state index is 11.6. The van der Waals surface area contributed by atoms with Crippen LogP contribution in [0, 0.1) is 0 Å². The molecule has 0 bridgehead atoms. The van der Waals surface area contributed by atoms with Crippen LogP contribution in [0.15, 0.2) is 47.8 Å². The quantitative estimate of drug-likeness (QED) is 0.749. The molecular formula is C15H15N3O3S. The summed E-state index contributed by atoms with van der Waals surface area (Å²) in [5, 5.41) is 9.35. The first kappa shape index (κ1) is 15.7. The van der Waals surface area contributed by atoms with Crippen LogP contribution >= 0.6 is 11.3 Å². The number of carbonyl (C=O) groups is 3. The molecule has 22 heavy (non-hydrogen) atoms. The van der Waals surface area contributed by atoms with Gasteiger partial charge in [-0.25, -0.2) is 0 Å². The zero-order valence-electron chi connectivity index (χ0n) is 11.7. The van der Waals surface area contributed by atoms with E-state index in [1.165, 1.54) is 11.3 Å². The fourth-order valence-corrected chi connectivity index (χ4v) is 2.26. The Bertz CT molecular complexity index is 641. The van der Waals surface area contributed by atoms with Crippen LogP contribution < -0.4 is 16.0 Å². The van der Waals surface area contributed by atoms with Gasteiger partial charge in [0, 0.05) is 5.69 Å². The molecule has 0 atom stereocenters. The number of para-hydroxylation sites is 1. The molecule has 0 unspecified atom stereocenters. The van der Waals surface area contributed by atoms with Crippen molar-refractivity contribution in [3.05, 3.63) is 52.7 Å². The van der Waals surface area contributed by atoms with Gasteiger partial charge in [-0.05, 0) is 23.6 Å². The average Bonchev–Trinajstić information content (AvgIpc) is 3.06. The second-order valence-corrected chi connectivity index (χ2v) is 5.30. The predicted octanol–water partition coefficient (Wildman–Crippen LogP) is 1.23. The van der Waals surface area contributed by atoms with Crippen LogP contribution in [0.2, 0.25) is 0 Å². The van der Waals surface area contributed by atoms with Gasteiger partial charge in [-0.3, -0.25) is 14.4 Å². The lowest BCUT2D eigenvalue weighted by molar-refractivity contribution is -0.123. The monoisotopic (exact) mass is 317 g/mol. The van der Waals surface area contributed by atoms with Gasteiger partial charge in [0.15, 0.2) is 0 Å². The summed E-state index contributed by atoms with van der Waals surface area (Å²) in [7, 11) is 0. The van der Waals surface area contributed by atoms with E-state index in [9.17, 15) is 14.4 Å². The van der Waals surface area contributed by atoms with E-state index in [-0.39, 0.29) is 24.9 Å². The highest BCUT2D eigenvalue weighted by Crippen LogP contribution is 2.07. The number of benzene rings is 1. The van der Waals surface area contributed by atoms with Crippen LogP contribution in [0.1, 0.15) is 9.67 Å². The molecule has 2 aromatic rings. The molecule has 0 aliphatic rings. The zero-order valence-corrected chi connectivity index (χ0v) is 12.5. The number of nitrogens with one attached hydrogen (secondary N) is 3. The molecule has 3 amide bonds. The summed E-state index contributed by atoms with van der Waals surface area (Å²) >= 11 is 1.29. The number of carbonyl (C=O) groups excluding carboxylic acids is 3. The Morgan fingerprint density at radius 1 is 0.864 bits per heavy atom. The van der Waals surface area contributed by atoms with Gasteiger partial charge in [-0.15, -0.1) is 11.3 Å². The second-order valence-electron chi connectivity index (χ2n) is 4.35. The molecule has 0 spiro atoms. The van der Waals surface area contributed by atoms with Crippen LogP contribution in [0.25, 0.3) is 0 Å². The van der Waals surface area contributed by atoms with Crippen molar-refractivity contribution >= 4 is 34.7 Å². The van der Waals surface area contributed by atoms with Gasteiger partial charge in [0.05, 0.1) is 18.0 Å². The van der Waals surface area contributed by atoms with E-state index in [0.717, 1.165) is 0 Å². The number of hydrogen-bond donors (Lipinski definition) is 3. The average molecular weight is 317 g/mol. The topological polar surface area (TPSA) is 87.3 Å². The Hall–Kier alpha value is -2.67. The highest BCUT2D eigenvalue weighted by Gasteiger charge is 2.09. The minimum atomic E-state index is -0.423. The van der Waals surface area contributed by atoms with Crippen molar-refractivity contribution in [2.45, 2.75) is 0 Å². The molecule has 114 valence electrons. The van der Waals surface area contributed by atoms with E-state index in [1.807, 2.05) is 6.07 Å². The van der Waals surface area contributed by atoms with Crippen molar-refractivity contribution in [3.8, 4) is 0 Å². The lowest BCUT2D eigenvalue weighted by atomic mass is 10.3. The van der Waals surface area contributed by atoms with Crippen molar-refractivity contribution in [1.82, 2.24) is 10.6 Å². The highest BCUT2D eigenvalue weighted by atomic mass is 32.1. The summed E-state index contributed by atoms with van der Waals surface area (Å²) < 4.78 is 0. The van der Waals surface area contributed by atoms with Gasteiger partial charge in [-0.1, -0.05) is 24.3 Å². The number of rotatable bonds is 6. The van der Waals surface area contributed by atoms with E-state index < -0.39 is 5.91 Å². The molecule has 0 saturated carbocycles. The maximum atomic E-state index is 11.6. The first-order valence-corrected chi connectivity index (χ1v) is 7.46. The summed E-state index contributed by atoms with van der Waals surface area (Å²) in [5.41, 5.74) is 0.660. The Balaban J connectivity index is 1.67. The molecule has 0 aliphatic heterocycles. The molecule has 0 aliphatic carbocycles. The molecule has 3 N–H and O–H groups in total. The third kappa shape index (κ3) is 5.02. The van der Waals surface area contributed by atoms with Gasteiger partial charge in [0.1, 0.15) is 0 Å². The van der Waals surface area contributed by atoms with E-state index >= 15 is 0 Å². The summed E-state index contributed by atoms with van der Waals surface area (Å²) in [5.74, 6) is -1.06. The summed E-state index contributed by atoms with van der Waals surface area (Å²) in [6, 6.07) is 12.4. The van der Waals surface area contributed by atoms with Crippen molar-refractivity contribution in [3.63, 3.8) is 0 Å². The van der Waals surface area contributed by atoms with Crippen molar-refractivity contribution < 1.29 is 14.4 Å². The Labute approximate surface area is 131 Å². The lowest BCUT2D eigenvalue weighted by Gasteiger charge is -2.07. The number of thiophene rings is 1. The van der Waals surface area contributed by atoms with Crippen LogP contribution in [0.3, 0.4) is 0 Å². The molecule has 1 aromatic heterocycles. The summed E-state index contributed by atoms with van der Waals surface area (Å²) in [4.78, 5) is 35.4. The molecule has 0 radical (unpaired) electrons. The van der Waals surface area contributed by atoms with Crippen molar-refractivity contribution in [1.29, 1.82) is 0 Å². The zero-order chi connectivity index (χ0) is 15.8. The molecular weight excluding hydrogens is 302 g/mol. The fourth-order valence-electron chi connectivity index (χ4n) is 1.62. The minimum Gasteiger partial charge on any atom is -0.345 e. The molecule has 1 heterocycles. The Kier molecular flexibility index (Phi) is 5.67. The van der Waals surface area contributed by atoms with E-state index in [4.69, 9.17) is 0 Å². The van der Waals surface area contributed by atoms with Crippen LogP contribution in [0.4, 0.5) is 5.69 Å². The Morgan fingerprint density at radius 2 is 1.59 bits per heavy atom. The third-order valence-electron chi connectivity index (χ3n) is 2.66. The largest absolute Gasteiger partial charge is 0.345 e. The van der Waals surface area contributed by atoms with Gasteiger partial charge in [0.2, 0.25) is 11.8 Å². The molecule has 1 aromatic carbocycles. The number of amides is 3. The van der Waals surface area contributed by atoms with Crippen LogP contribution in [-0.4, -0.2) is 30.8 Å². The molecule has 6 nitrogen and oxygen atoms in total. The first-order chi connectivity index (χ1) is 10.6. The van der Waals surface area contributed by atoms with Gasteiger partial charge >= 0.3 is 0 Å². The Morgan fingerprint density at radius 3 is 2.27 bits per heavy atom. The molecule has 0 saturated heterocycles. The lowest BCUT2D eigenvalue weighted by Crippen LogP contribution is -2.40. The smallest absolute Gasteiger partial charge is 0.261 e. The van der Waals surface area contributed by atoms with Gasteiger partial charge < -0.3 is 16.0 Å². The van der Waals surface area contributed by atoms with Crippen molar-refractivity contribution in [2.24, 2.45) is 0 Å². The summed E-state index contributed by atoms with van der Waals surface area (Å²) in [6.45, 7) is -0.321. The fraction of sp³-hybridized carbons (Fsp3) is 0.133. The first-order valence-electron chi connectivity index (χ1n) is 6.58. The number of hydrogen-bond acceptors (Lipinski definition) is 4. The third-order valence-corrected chi connectivity index (χ3v) is 3.53. The van der Waals surface area contributed by atoms with E-state index in [1.54, 1.807) is 41.8 Å². The SMILES string of the molecule is O=C(CNC(=O)c1cccs1)NCC(=O)Nc1ccccc1. The molecule has 7 heteroatoms. The van der Waals surface area contributed by atoms with E-state index in [0.29, 0.717) is 10.6 Å².